The fourth-order valence-electron chi connectivity index (χ4n) is 13.7. The van der Waals surface area contributed by atoms with Crippen LogP contribution in [0.25, 0.3) is 0 Å². The Kier molecular flexibility index (Phi) is 42.5. The average Bonchev–Trinajstić information content (AvgIpc) is 0.801. The molecule has 0 aliphatic heterocycles. The number of hydrogen-bond acceptors (Lipinski definition) is 30. The van der Waals surface area contributed by atoms with Crippen molar-refractivity contribution in [2.24, 2.45) is 0 Å². The number of hydrogen-bond donors (Lipinski definition) is 24. The first-order valence-corrected chi connectivity index (χ1v) is 43.4. The van der Waals surface area contributed by atoms with Gasteiger partial charge in [0.05, 0.1) is 200 Å². The van der Waals surface area contributed by atoms with Gasteiger partial charge in [-0.2, -0.15) is 0 Å². The Hall–Kier alpha value is -18.1. The summed E-state index contributed by atoms with van der Waals surface area (Å²) < 4.78 is 34.6. The van der Waals surface area contributed by atoms with E-state index in [0.717, 1.165) is 45.6 Å². The van der Waals surface area contributed by atoms with Gasteiger partial charge in [0, 0.05) is 75.2 Å². The number of benzene rings is 6. The summed E-state index contributed by atoms with van der Waals surface area (Å²) in [7, 11) is 3.48. The molecule has 6 aromatic rings. The molecular weight excluding hydrogens is 1960 g/mol. The molecule has 6 aromatic carbocycles. The van der Waals surface area contributed by atoms with E-state index in [4.69, 9.17) is 28.4 Å². The van der Waals surface area contributed by atoms with Crippen molar-refractivity contribution < 1.29 is 205 Å². The highest BCUT2D eigenvalue weighted by Gasteiger charge is 2.36. The van der Waals surface area contributed by atoms with Crippen molar-refractivity contribution in [3.05, 3.63) is 218 Å². The molecule has 6 rings (SSSR count). The number of carboxylic acids is 12. The molecule has 0 spiro atoms. The molecule has 0 aromatic heterocycles. The van der Waals surface area contributed by atoms with Crippen molar-refractivity contribution in [1.82, 2.24) is 63.8 Å². The number of carbonyl (C=O) groups is 24. The van der Waals surface area contributed by atoms with Crippen LogP contribution < -0.4 is 63.8 Å². The third-order valence-corrected chi connectivity index (χ3v) is 20.6. The van der Waals surface area contributed by atoms with E-state index in [1.54, 1.807) is 0 Å². The molecule has 54 heteroatoms. The second kappa shape index (κ2) is 53.2. The van der Waals surface area contributed by atoms with Gasteiger partial charge in [-0.1, -0.05) is 0 Å². The zero-order chi connectivity index (χ0) is 110. The van der Waals surface area contributed by atoms with E-state index in [1.807, 2.05) is 0 Å². The molecule has 0 aliphatic carbocycles. The van der Waals surface area contributed by atoms with E-state index < -0.39 is 377 Å². The largest absolute Gasteiger partial charge is 0.491 e. The van der Waals surface area contributed by atoms with Crippen molar-refractivity contribution >= 4 is 143 Å². The smallest absolute Gasteiger partial charge is 0.336 e. The second-order valence-electron chi connectivity index (χ2n) is 32.8. The van der Waals surface area contributed by atoms with Crippen LogP contribution in [-0.4, -0.2) is 345 Å². The number of ether oxygens (including phenoxy) is 6. The number of amides is 12. The Morgan fingerprint density at radius 1 is 0.204 bits per heavy atom. The highest BCUT2D eigenvalue weighted by Crippen LogP contribution is 2.28. The predicted octanol–water partition coefficient (Wildman–Crippen LogP) is 1.65. The van der Waals surface area contributed by atoms with E-state index in [0.29, 0.717) is 54.6 Å². The monoisotopic (exact) mass is 2060 g/mol. The summed E-state index contributed by atoms with van der Waals surface area (Å²) in [4.78, 5) is 310. The standard InChI is InChI=1S/C93H102N12O42/c1-36(97-73(109)49-13-46(70(106)94-10)58(82(118)119)19-61(49)85(124)125)25-142-28-39(4)100-76(112)52-16-54(66(90(134)135)22-64(52)88(130)131)79(115)103-42(7)31-145-34-45(147-33-44(9)105-81(117)57-18-56(68(92(138)139)24-69(57)93(140)141)78(114)102-41(6)30-144-27-38(3)99-75(111)51-15-48(72(108)96-12)60(84(122)123)21-63(51)87(128)129)35-146-32-43(8)104-80(116)55-17-53(65(89(132)133)23-67(55)91(136)137)77(113)101-40(5)29-143-26-37(2)98-74(110)50-14-47(71(107)95-11)59(83(120)121)20-62(50)86(126)127/h13-24,33,36-43,45H,25-32,34-35H2,1-12H3,(H,94,106)(H,95,107)(H,96,108)(H,97,109)(H,98,110)(H,99,111)(H,100,112)(H,101,113)(H,102,114)(H,103,115)(H,104,116)(H,105,117)(H,118,119)(H,120,121)(H,122,123)(H,124,125)(H,126,127)(H,128,129)(H,130,131)(H,132,133)(H,134,135)(H,136,137)(H,138,139)(H,140,141)/b44-33+. The van der Waals surface area contributed by atoms with Crippen LogP contribution >= 0.6 is 0 Å². The van der Waals surface area contributed by atoms with E-state index in [-0.39, 0.29) is 25.5 Å². The van der Waals surface area contributed by atoms with Gasteiger partial charge in [0.1, 0.15) is 12.4 Å². The van der Waals surface area contributed by atoms with Gasteiger partial charge in [0.15, 0.2) is 0 Å². The summed E-state index contributed by atoms with van der Waals surface area (Å²) in [5, 5.41) is 148. The lowest BCUT2D eigenvalue weighted by Crippen LogP contribution is -2.40. The maximum absolute atomic E-state index is 14.2. The SMILES string of the molecule is CNC(=O)c1cc(C(=O)NC(C)COCC(C)NC(=O)c2cc(C(=O)N/C(C)=C/OC(COCC(C)NC(=O)c3cc(C(=O)NC(C)COCC(C)NC(=O)c4cc(C(=O)NC)c(C(=O)O)cc4C(=O)O)c(C(=O)O)cc3C(=O)O)COCC(C)NC(=O)c3cc(C(=O)NC(C)COCC(C)NC(=O)c4cc(C(=O)NC)c(C(=O)O)cc4C(=O)O)c(C(=O)O)cc3C(=O)O)c(C(=O)O)cc2C(=O)O)c(C(=O)O)cc1C(=O)O. The van der Waals surface area contributed by atoms with Gasteiger partial charge in [0.25, 0.3) is 70.9 Å². The van der Waals surface area contributed by atoms with Gasteiger partial charge in [-0.3, -0.25) is 57.5 Å². The Morgan fingerprint density at radius 3 is 0.463 bits per heavy atom. The van der Waals surface area contributed by atoms with Gasteiger partial charge < -0.3 is 154 Å². The number of nitrogens with one attached hydrogen (secondary N) is 12. The van der Waals surface area contributed by atoms with Crippen molar-refractivity contribution in [3.63, 3.8) is 0 Å². The molecule has 0 fully saturated rings. The number of allylic oxidation sites excluding steroid dienone is 1. The van der Waals surface area contributed by atoms with Crippen molar-refractivity contribution in [1.29, 1.82) is 0 Å². The maximum atomic E-state index is 14.2. The lowest BCUT2D eigenvalue weighted by molar-refractivity contribution is -0.0319. The summed E-state index contributed by atoms with van der Waals surface area (Å²) >= 11 is 0. The highest BCUT2D eigenvalue weighted by molar-refractivity contribution is 6.18. The van der Waals surface area contributed by atoms with Gasteiger partial charge in [-0.05, 0) is 135 Å². The van der Waals surface area contributed by atoms with E-state index >= 15 is 0 Å². The molecule has 24 N–H and O–H groups in total. The van der Waals surface area contributed by atoms with Crippen molar-refractivity contribution in [2.75, 3.05) is 87.2 Å². The van der Waals surface area contributed by atoms with Gasteiger partial charge in [-0.15, -0.1) is 0 Å². The van der Waals surface area contributed by atoms with Crippen molar-refractivity contribution in [3.8, 4) is 0 Å². The number of carboxylic acid groups (broad SMARTS) is 12. The van der Waals surface area contributed by atoms with Crippen LogP contribution in [0.5, 0.6) is 0 Å². The molecule has 0 aliphatic rings. The number of carbonyl (C=O) groups excluding carboxylic acids is 12. The van der Waals surface area contributed by atoms with Crippen LogP contribution in [0.3, 0.4) is 0 Å². The lowest BCUT2D eigenvalue weighted by Gasteiger charge is -2.22. The van der Waals surface area contributed by atoms with Crippen LogP contribution in [0.15, 0.2) is 84.8 Å². The topological polar surface area (TPSA) is 852 Å². The Labute approximate surface area is 830 Å². The highest BCUT2D eigenvalue weighted by atomic mass is 16.6. The summed E-state index contributed by atoms with van der Waals surface area (Å²) in [5.74, 6) is -34.8. The Morgan fingerprint density at radius 2 is 0.327 bits per heavy atom. The van der Waals surface area contributed by atoms with Crippen LogP contribution in [0, 0.1) is 0 Å². The lowest BCUT2D eigenvalue weighted by atomic mass is 9.96. The molecule has 0 radical (unpaired) electrons. The summed E-state index contributed by atoms with van der Waals surface area (Å²) in [5.41, 5.74) is -18.5. The zero-order valence-electron chi connectivity index (χ0n) is 79.9. The molecule has 0 heterocycles. The quantitative estimate of drug-likeness (QED) is 0.0241. The minimum Gasteiger partial charge on any atom is -0.491 e. The second-order valence-corrected chi connectivity index (χ2v) is 32.8. The molecule has 147 heavy (non-hydrogen) atoms. The van der Waals surface area contributed by atoms with Gasteiger partial charge >= 0.3 is 71.6 Å². The molecule has 0 bridgehead atoms. The maximum Gasteiger partial charge on any atom is 0.336 e. The van der Waals surface area contributed by atoms with Crippen LogP contribution in [-0.2, 0) is 28.4 Å². The molecule has 54 nitrogen and oxygen atoms in total. The molecular formula is C93H102N12O42. The average molecular weight is 2060 g/mol. The summed E-state index contributed by atoms with van der Waals surface area (Å²) in [6.07, 6.45) is -0.566. The molecule has 0 saturated heterocycles. The zero-order valence-corrected chi connectivity index (χ0v) is 79.9. The molecule has 12 amide bonds. The molecule has 786 valence electrons. The Bertz CT molecular complexity index is 6100. The minimum atomic E-state index is -1.88. The summed E-state index contributed by atoms with van der Waals surface area (Å²) in [6.45, 7) is 7.44. The predicted molar refractivity (Wildman–Crippen MR) is 498 cm³/mol. The number of rotatable bonds is 55. The Balaban J connectivity index is 1.21. The number of aromatic carboxylic acids is 12. The molecule has 8 unspecified atom stereocenters. The van der Waals surface area contributed by atoms with Crippen molar-refractivity contribution in [2.45, 2.75) is 117 Å². The van der Waals surface area contributed by atoms with E-state index in [2.05, 4.69) is 63.8 Å². The molecule has 8 atom stereocenters. The van der Waals surface area contributed by atoms with Crippen LogP contribution in [0.2, 0.25) is 0 Å². The van der Waals surface area contributed by atoms with Crippen LogP contribution in [0.4, 0.5) is 0 Å². The fourth-order valence-corrected chi connectivity index (χ4v) is 13.7. The first-order valence-electron chi connectivity index (χ1n) is 43.4. The summed E-state index contributed by atoms with van der Waals surface area (Å²) in [6, 6.07) is -0.703. The van der Waals surface area contributed by atoms with E-state index in [9.17, 15) is 176 Å². The van der Waals surface area contributed by atoms with Gasteiger partial charge in [-0.25, -0.2) is 57.5 Å². The third-order valence-electron chi connectivity index (χ3n) is 20.6. The minimum absolute atomic E-state index is 0.295. The first-order chi connectivity index (χ1) is 68.9. The van der Waals surface area contributed by atoms with Gasteiger partial charge in [0.2, 0.25) is 0 Å². The first kappa shape index (κ1) is 118. The third kappa shape index (κ3) is 32.2. The fraction of sp³-hybridized carbons (Fsp3) is 0.333. The van der Waals surface area contributed by atoms with Crippen LogP contribution in [0.1, 0.15) is 311 Å². The normalized spacial score (nSPS) is 12.9. The molecule has 0 saturated carbocycles. The van der Waals surface area contributed by atoms with E-state index in [1.165, 1.54) is 62.3 Å².